The number of carbonyl (C=O) groups is 1. The van der Waals surface area contributed by atoms with Crippen molar-refractivity contribution in [2.24, 2.45) is 51.5 Å². The average molecular weight is 474 g/mol. The summed E-state index contributed by atoms with van der Waals surface area (Å²) in [4.78, 5) is 11.7. The van der Waals surface area contributed by atoms with Crippen molar-refractivity contribution in [3.8, 4) is 0 Å². The predicted octanol–water partition coefficient (Wildman–Crippen LogP) is 6.61. The lowest BCUT2D eigenvalue weighted by molar-refractivity contribution is -0.150. The van der Waals surface area contributed by atoms with Gasteiger partial charge in [0.15, 0.2) is 0 Å². The van der Waals surface area contributed by atoms with Crippen LogP contribution in [0, 0.1) is 46.3 Å². The molecule has 0 bridgehead atoms. The molecule has 1 heterocycles. The van der Waals surface area contributed by atoms with E-state index in [0.29, 0.717) is 23.2 Å². The first-order valence-electron chi connectivity index (χ1n) is 14.1. The van der Waals surface area contributed by atoms with Crippen molar-refractivity contribution in [3.05, 3.63) is 0 Å². The van der Waals surface area contributed by atoms with Gasteiger partial charge < -0.3 is 14.7 Å². The number of nitrogens with zero attached hydrogens (tertiary/aromatic N) is 1. The van der Waals surface area contributed by atoms with E-state index in [4.69, 9.17) is 9.47 Å². The summed E-state index contributed by atoms with van der Waals surface area (Å²) in [6.45, 7) is 13.7. The fraction of sp³-hybridized carbons (Fsp3) is 0.931. The molecular formula is C29H47NO4. The average Bonchev–Trinajstić information content (AvgIpc) is 3.43. The fourth-order valence-electron chi connectivity index (χ4n) is 9.98. The molecule has 5 heteroatoms. The Balaban J connectivity index is 1.37. The Hall–Kier alpha value is -1.10. The van der Waals surface area contributed by atoms with Crippen molar-refractivity contribution in [2.45, 2.75) is 124 Å². The minimum Gasteiger partial charge on any atom is -0.460 e. The van der Waals surface area contributed by atoms with Crippen LogP contribution in [0.25, 0.3) is 0 Å². The molecule has 5 nitrogen and oxygen atoms in total. The molecule has 5 rings (SSSR count). The van der Waals surface area contributed by atoms with Crippen molar-refractivity contribution < 1.29 is 19.5 Å². The molecule has 0 aromatic carbocycles. The summed E-state index contributed by atoms with van der Waals surface area (Å²) in [7, 11) is 0. The molecule has 0 unspecified atom stereocenters. The van der Waals surface area contributed by atoms with Crippen LogP contribution in [0.5, 0.6) is 0 Å². The Morgan fingerprint density at radius 1 is 1.12 bits per heavy atom. The number of oxime groups is 1. The third kappa shape index (κ3) is 3.42. The van der Waals surface area contributed by atoms with Gasteiger partial charge in [0.2, 0.25) is 0 Å². The van der Waals surface area contributed by atoms with E-state index in [9.17, 15) is 10.0 Å². The lowest BCUT2D eigenvalue weighted by atomic mass is 9.43. The second-order valence-corrected chi connectivity index (χ2v) is 13.5. The van der Waals surface area contributed by atoms with E-state index >= 15 is 0 Å². The van der Waals surface area contributed by atoms with Crippen LogP contribution >= 0.6 is 0 Å². The van der Waals surface area contributed by atoms with Gasteiger partial charge in [-0.3, -0.25) is 4.79 Å². The van der Waals surface area contributed by atoms with E-state index in [2.05, 4.69) is 39.8 Å². The highest BCUT2D eigenvalue weighted by molar-refractivity contribution is 5.97. The summed E-state index contributed by atoms with van der Waals surface area (Å²) in [6.07, 6.45) is 11.6. The van der Waals surface area contributed by atoms with E-state index < -0.39 is 5.60 Å². The van der Waals surface area contributed by atoms with E-state index in [1.807, 2.05) is 0 Å². The Morgan fingerprint density at radius 3 is 2.56 bits per heavy atom. The van der Waals surface area contributed by atoms with Crippen LogP contribution in [-0.4, -0.2) is 34.7 Å². The highest BCUT2D eigenvalue weighted by Crippen LogP contribution is 2.73. The van der Waals surface area contributed by atoms with Crippen molar-refractivity contribution in [1.82, 2.24) is 0 Å². The van der Waals surface area contributed by atoms with Gasteiger partial charge in [0.25, 0.3) is 0 Å². The van der Waals surface area contributed by atoms with E-state index in [1.54, 1.807) is 0 Å². The monoisotopic (exact) mass is 473 g/mol. The molecule has 1 saturated heterocycles. The molecular weight excluding hydrogens is 426 g/mol. The molecule has 34 heavy (non-hydrogen) atoms. The number of ether oxygens (including phenoxy) is 2. The first-order chi connectivity index (χ1) is 16.1. The smallest absolute Gasteiger partial charge is 0.302 e. The maximum Gasteiger partial charge on any atom is 0.302 e. The number of rotatable bonds is 6. The Bertz CT molecular complexity index is 840. The first-order valence-corrected chi connectivity index (χ1v) is 14.1. The van der Waals surface area contributed by atoms with Crippen LogP contribution < -0.4 is 0 Å². The summed E-state index contributed by atoms with van der Waals surface area (Å²) in [5, 5.41) is 14.1. The lowest BCUT2D eigenvalue weighted by Gasteiger charge is -2.60. The lowest BCUT2D eigenvalue weighted by Crippen LogP contribution is -2.62. The molecule has 0 radical (unpaired) electrons. The third-order valence-electron chi connectivity index (χ3n) is 11.5. The SMILES string of the molecule is CC(=O)O[C@H]1CC[C@]2(C)[C@H]3CC[C@]4(C)[C@@H]([C@H](C)CCCC(C)C)CC[C@H]4[C@@H]3C/C(=N\O)[C@@]23O[C@@H]13. The van der Waals surface area contributed by atoms with E-state index in [0.717, 1.165) is 42.7 Å². The minimum atomic E-state index is -0.531. The van der Waals surface area contributed by atoms with Gasteiger partial charge >= 0.3 is 5.97 Å². The van der Waals surface area contributed by atoms with Gasteiger partial charge in [-0.1, -0.05) is 59.0 Å². The summed E-state index contributed by atoms with van der Waals surface area (Å²) in [5.41, 5.74) is 0.660. The Labute approximate surface area is 206 Å². The zero-order valence-corrected chi connectivity index (χ0v) is 22.3. The summed E-state index contributed by atoms with van der Waals surface area (Å²) in [5.74, 6) is 4.02. The second kappa shape index (κ2) is 8.49. The van der Waals surface area contributed by atoms with Crippen molar-refractivity contribution in [2.75, 3.05) is 0 Å². The van der Waals surface area contributed by atoms with Gasteiger partial charge in [-0.2, -0.15) is 0 Å². The number of epoxide rings is 1. The molecule has 0 aromatic rings. The molecule has 10 atom stereocenters. The molecule has 0 amide bonds. The van der Waals surface area contributed by atoms with Crippen molar-refractivity contribution in [1.29, 1.82) is 0 Å². The van der Waals surface area contributed by atoms with Crippen LogP contribution in [-0.2, 0) is 14.3 Å². The van der Waals surface area contributed by atoms with Crippen LogP contribution in [0.2, 0.25) is 0 Å². The molecule has 1 N–H and O–H groups in total. The van der Waals surface area contributed by atoms with Gasteiger partial charge in [-0.15, -0.1) is 0 Å². The zero-order chi connectivity index (χ0) is 24.5. The van der Waals surface area contributed by atoms with E-state index in [1.165, 1.54) is 51.9 Å². The number of hydrogen-bond donors (Lipinski definition) is 1. The van der Waals surface area contributed by atoms with Crippen LogP contribution in [0.15, 0.2) is 5.16 Å². The van der Waals surface area contributed by atoms with Crippen molar-refractivity contribution >= 4 is 11.7 Å². The molecule has 1 spiro atoms. The first kappa shape index (κ1) is 24.6. The Morgan fingerprint density at radius 2 is 1.88 bits per heavy atom. The van der Waals surface area contributed by atoms with Crippen LogP contribution in [0.1, 0.15) is 106 Å². The summed E-state index contributed by atoms with van der Waals surface area (Å²) >= 11 is 0. The van der Waals surface area contributed by atoms with Gasteiger partial charge in [-0.05, 0) is 85.9 Å². The second-order valence-electron chi connectivity index (χ2n) is 13.5. The van der Waals surface area contributed by atoms with Gasteiger partial charge in [0.1, 0.15) is 17.8 Å². The van der Waals surface area contributed by atoms with Crippen molar-refractivity contribution in [3.63, 3.8) is 0 Å². The van der Waals surface area contributed by atoms with Crippen LogP contribution in [0.4, 0.5) is 0 Å². The zero-order valence-electron chi connectivity index (χ0n) is 22.3. The van der Waals surface area contributed by atoms with E-state index in [-0.39, 0.29) is 23.6 Å². The number of esters is 1. The number of fused-ring (bicyclic) bond motifs is 4. The largest absolute Gasteiger partial charge is 0.460 e. The molecule has 5 aliphatic rings. The molecule has 4 saturated carbocycles. The topological polar surface area (TPSA) is 71.4 Å². The highest BCUT2D eigenvalue weighted by atomic mass is 16.7. The molecule has 1 aliphatic heterocycles. The molecule has 0 aromatic heterocycles. The molecule has 5 fully saturated rings. The normalized spacial score (nSPS) is 49.1. The summed E-state index contributed by atoms with van der Waals surface area (Å²) in [6, 6.07) is 0. The highest BCUT2D eigenvalue weighted by Gasteiger charge is 2.80. The standard InChI is InChI=1S/C29H47NO4/c1-17(2)8-7-9-18(3)21-10-11-22-20-16-25(30-32)29-26(34-29)24(33-19(4)31)13-15-28(29,6)23(20)12-14-27(21,22)5/h17-18,20-24,26,32H,7-16H2,1-6H3/b30-25+/t18-,20+,21-,22+,23+,24+,26+,27-,28-,29+/m1/s1. The maximum absolute atomic E-state index is 11.7. The van der Waals surface area contributed by atoms with Gasteiger partial charge in [0, 0.05) is 12.3 Å². The fourth-order valence-corrected chi connectivity index (χ4v) is 9.98. The number of carbonyl (C=O) groups excluding carboxylic acids is 1. The number of hydrogen-bond acceptors (Lipinski definition) is 5. The minimum absolute atomic E-state index is 0.0406. The van der Waals surface area contributed by atoms with Gasteiger partial charge in [0.05, 0.1) is 5.71 Å². The quantitative estimate of drug-likeness (QED) is 0.204. The molecule has 4 aliphatic carbocycles. The Kier molecular flexibility index (Phi) is 6.14. The summed E-state index contributed by atoms with van der Waals surface area (Å²) < 4.78 is 12.1. The van der Waals surface area contributed by atoms with Gasteiger partial charge in [-0.25, -0.2) is 0 Å². The molecule has 192 valence electrons. The maximum atomic E-state index is 11.7. The predicted molar refractivity (Wildman–Crippen MR) is 133 cm³/mol. The van der Waals surface area contributed by atoms with Crippen LogP contribution in [0.3, 0.4) is 0 Å². The third-order valence-corrected chi connectivity index (χ3v) is 11.5.